The van der Waals surface area contributed by atoms with Gasteiger partial charge in [0.25, 0.3) is 0 Å². The molecule has 0 aliphatic rings. The summed E-state index contributed by atoms with van der Waals surface area (Å²) in [4.78, 5) is 19.2. The first kappa shape index (κ1) is 17.4. The summed E-state index contributed by atoms with van der Waals surface area (Å²) in [5.74, 6) is 0. The highest BCUT2D eigenvalue weighted by Gasteiger charge is 2.18. The molecule has 2 aromatic rings. The van der Waals surface area contributed by atoms with Crippen LogP contribution in [-0.4, -0.2) is 34.1 Å². The Morgan fingerprint density at radius 2 is 2.04 bits per heavy atom. The smallest absolute Gasteiger partial charge is 0.323 e. The quantitative estimate of drug-likeness (QED) is 0.849. The third-order valence-electron chi connectivity index (χ3n) is 3.64. The van der Waals surface area contributed by atoms with Crippen LogP contribution in [0.15, 0.2) is 30.5 Å². The molecule has 0 fully saturated rings. The Morgan fingerprint density at radius 3 is 2.61 bits per heavy atom. The van der Waals surface area contributed by atoms with Crippen molar-refractivity contribution in [2.45, 2.75) is 33.3 Å². The van der Waals surface area contributed by atoms with E-state index in [0.29, 0.717) is 11.7 Å². The van der Waals surface area contributed by atoms with E-state index in [9.17, 15) is 9.90 Å². The van der Waals surface area contributed by atoms with E-state index in [0.717, 1.165) is 22.4 Å². The standard InChI is InChI=1S/C17H23N3O2S/c1-4-14-10-18-16(23-14)19-17(22)20(5-2)11-15(21)13-8-6-12(3)7-9-13/h6-10,15,21H,4-5,11H2,1-3H3,(H,18,19,22). The average Bonchev–Trinajstić information content (AvgIpc) is 3.00. The van der Waals surface area contributed by atoms with Crippen LogP contribution < -0.4 is 5.32 Å². The summed E-state index contributed by atoms with van der Waals surface area (Å²) < 4.78 is 0. The van der Waals surface area contributed by atoms with E-state index >= 15 is 0 Å². The fourth-order valence-electron chi connectivity index (χ4n) is 2.16. The molecule has 1 atom stereocenters. The molecule has 23 heavy (non-hydrogen) atoms. The summed E-state index contributed by atoms with van der Waals surface area (Å²) in [5.41, 5.74) is 1.95. The topological polar surface area (TPSA) is 65.5 Å². The molecule has 1 unspecified atom stereocenters. The molecule has 5 nitrogen and oxygen atoms in total. The molecule has 2 rings (SSSR count). The molecule has 2 N–H and O–H groups in total. The average molecular weight is 333 g/mol. The number of thiazole rings is 1. The number of aliphatic hydroxyl groups is 1. The predicted octanol–water partition coefficient (Wildman–Crippen LogP) is 3.60. The Hall–Kier alpha value is -1.92. The lowest BCUT2D eigenvalue weighted by molar-refractivity contribution is 0.128. The van der Waals surface area contributed by atoms with Crippen LogP contribution in [0.25, 0.3) is 0 Å². The van der Waals surface area contributed by atoms with E-state index in [1.165, 1.54) is 11.3 Å². The first-order chi connectivity index (χ1) is 11.0. The van der Waals surface area contributed by atoms with E-state index in [-0.39, 0.29) is 12.6 Å². The van der Waals surface area contributed by atoms with Gasteiger partial charge in [-0.15, -0.1) is 11.3 Å². The van der Waals surface area contributed by atoms with Gasteiger partial charge in [0.2, 0.25) is 0 Å². The number of hydrogen-bond donors (Lipinski definition) is 2. The summed E-state index contributed by atoms with van der Waals surface area (Å²) >= 11 is 1.47. The van der Waals surface area contributed by atoms with Crippen LogP contribution in [0.2, 0.25) is 0 Å². The van der Waals surface area contributed by atoms with E-state index in [1.807, 2.05) is 38.1 Å². The summed E-state index contributed by atoms with van der Waals surface area (Å²) in [7, 11) is 0. The van der Waals surface area contributed by atoms with Gasteiger partial charge >= 0.3 is 6.03 Å². The van der Waals surface area contributed by atoms with Gasteiger partial charge in [0, 0.05) is 17.6 Å². The number of carbonyl (C=O) groups excluding carboxylic acids is 1. The van der Waals surface area contributed by atoms with Crippen molar-refractivity contribution >= 4 is 22.5 Å². The lowest BCUT2D eigenvalue weighted by atomic mass is 10.1. The number of rotatable bonds is 6. The molecule has 1 heterocycles. The maximum atomic E-state index is 12.3. The number of aromatic nitrogens is 1. The SMILES string of the molecule is CCc1cnc(NC(=O)N(CC)CC(O)c2ccc(C)cc2)s1. The minimum Gasteiger partial charge on any atom is -0.387 e. The van der Waals surface area contributed by atoms with Crippen molar-refractivity contribution in [3.63, 3.8) is 0 Å². The number of benzene rings is 1. The number of urea groups is 1. The van der Waals surface area contributed by atoms with Crippen molar-refractivity contribution in [3.8, 4) is 0 Å². The number of hydrogen-bond acceptors (Lipinski definition) is 4. The Labute approximate surface area is 141 Å². The van der Waals surface area contributed by atoms with Gasteiger partial charge in [0.05, 0.1) is 12.6 Å². The summed E-state index contributed by atoms with van der Waals surface area (Å²) in [6.07, 6.45) is 1.97. The zero-order chi connectivity index (χ0) is 16.8. The first-order valence-corrected chi connectivity index (χ1v) is 8.60. The number of aryl methyl sites for hydroxylation is 2. The van der Waals surface area contributed by atoms with E-state index < -0.39 is 6.10 Å². The lowest BCUT2D eigenvalue weighted by Gasteiger charge is -2.24. The maximum absolute atomic E-state index is 12.3. The molecule has 0 bridgehead atoms. The summed E-state index contributed by atoms with van der Waals surface area (Å²) in [6.45, 7) is 6.70. The molecule has 2 amide bonds. The van der Waals surface area contributed by atoms with Gasteiger partial charge in [-0.2, -0.15) is 0 Å². The Morgan fingerprint density at radius 1 is 1.35 bits per heavy atom. The van der Waals surface area contributed by atoms with Crippen LogP contribution in [0.4, 0.5) is 9.93 Å². The Bertz CT molecular complexity index is 640. The minimum atomic E-state index is -0.705. The number of carbonyl (C=O) groups is 1. The van der Waals surface area contributed by atoms with Gasteiger partial charge in [0.1, 0.15) is 0 Å². The third kappa shape index (κ3) is 4.77. The van der Waals surface area contributed by atoms with Crippen LogP contribution >= 0.6 is 11.3 Å². The Kier molecular flexibility index (Phi) is 6.12. The number of anilines is 1. The van der Waals surface area contributed by atoms with Gasteiger partial charge in [-0.1, -0.05) is 36.8 Å². The van der Waals surface area contributed by atoms with E-state index in [2.05, 4.69) is 17.2 Å². The van der Waals surface area contributed by atoms with Gasteiger partial charge in [-0.25, -0.2) is 9.78 Å². The maximum Gasteiger partial charge on any atom is 0.323 e. The molecule has 1 aromatic carbocycles. The third-order valence-corrected chi connectivity index (χ3v) is 4.70. The molecule has 1 aromatic heterocycles. The van der Waals surface area contributed by atoms with Gasteiger partial charge in [-0.3, -0.25) is 5.32 Å². The van der Waals surface area contributed by atoms with Crippen LogP contribution in [0, 0.1) is 6.92 Å². The van der Waals surface area contributed by atoms with Gasteiger partial charge in [0.15, 0.2) is 5.13 Å². The highest BCUT2D eigenvalue weighted by molar-refractivity contribution is 7.15. The second-order valence-corrected chi connectivity index (χ2v) is 6.50. The molecule has 0 saturated heterocycles. The van der Waals surface area contributed by atoms with Crippen molar-refractivity contribution in [3.05, 3.63) is 46.5 Å². The number of likely N-dealkylation sites (N-methyl/N-ethyl adjacent to an activating group) is 1. The second-order valence-electron chi connectivity index (χ2n) is 5.38. The van der Waals surface area contributed by atoms with Crippen molar-refractivity contribution in [1.29, 1.82) is 0 Å². The first-order valence-electron chi connectivity index (χ1n) is 7.78. The Balaban J connectivity index is 1.97. The molecular weight excluding hydrogens is 310 g/mol. The largest absolute Gasteiger partial charge is 0.387 e. The van der Waals surface area contributed by atoms with Crippen molar-refractivity contribution in [2.75, 3.05) is 18.4 Å². The van der Waals surface area contributed by atoms with Crippen LogP contribution in [-0.2, 0) is 6.42 Å². The second kappa shape index (κ2) is 8.08. The molecule has 0 aliphatic heterocycles. The fourth-order valence-corrected chi connectivity index (χ4v) is 2.90. The van der Waals surface area contributed by atoms with Crippen molar-refractivity contribution < 1.29 is 9.90 Å². The highest BCUT2D eigenvalue weighted by atomic mass is 32.1. The number of amides is 2. The normalized spacial score (nSPS) is 12.0. The molecular formula is C17H23N3O2S. The van der Waals surface area contributed by atoms with Crippen LogP contribution in [0.3, 0.4) is 0 Å². The highest BCUT2D eigenvalue weighted by Crippen LogP contribution is 2.20. The number of nitrogens with one attached hydrogen (secondary N) is 1. The van der Waals surface area contributed by atoms with Crippen molar-refractivity contribution in [1.82, 2.24) is 9.88 Å². The minimum absolute atomic E-state index is 0.240. The molecule has 124 valence electrons. The molecule has 0 saturated carbocycles. The predicted molar refractivity (Wildman–Crippen MR) is 93.9 cm³/mol. The monoisotopic (exact) mass is 333 g/mol. The van der Waals surface area contributed by atoms with Crippen LogP contribution in [0.5, 0.6) is 0 Å². The number of aliphatic hydroxyl groups excluding tert-OH is 1. The van der Waals surface area contributed by atoms with Crippen molar-refractivity contribution in [2.24, 2.45) is 0 Å². The van der Waals surface area contributed by atoms with E-state index in [4.69, 9.17) is 0 Å². The summed E-state index contributed by atoms with van der Waals surface area (Å²) in [5, 5.41) is 13.7. The fraction of sp³-hybridized carbons (Fsp3) is 0.412. The zero-order valence-corrected chi connectivity index (χ0v) is 14.6. The van der Waals surface area contributed by atoms with E-state index in [1.54, 1.807) is 11.1 Å². The summed E-state index contributed by atoms with van der Waals surface area (Å²) in [6, 6.07) is 7.45. The van der Waals surface area contributed by atoms with Gasteiger partial charge in [-0.05, 0) is 25.8 Å². The molecule has 0 radical (unpaired) electrons. The lowest BCUT2D eigenvalue weighted by Crippen LogP contribution is -2.37. The molecule has 0 aliphatic carbocycles. The molecule has 0 spiro atoms. The number of nitrogens with zero attached hydrogens (tertiary/aromatic N) is 2. The van der Waals surface area contributed by atoms with Crippen LogP contribution in [0.1, 0.15) is 36.0 Å². The van der Waals surface area contributed by atoms with Gasteiger partial charge < -0.3 is 10.0 Å². The molecule has 6 heteroatoms. The zero-order valence-electron chi connectivity index (χ0n) is 13.7.